The van der Waals surface area contributed by atoms with Crippen LogP contribution in [0.3, 0.4) is 0 Å². The highest BCUT2D eigenvalue weighted by Gasteiger charge is 2.42. The molecule has 140 valence electrons. The minimum atomic E-state index is -0.857. The van der Waals surface area contributed by atoms with Gasteiger partial charge in [-0.2, -0.15) is 0 Å². The van der Waals surface area contributed by atoms with E-state index in [1.54, 1.807) is 30.3 Å². The molecule has 0 saturated carbocycles. The third kappa shape index (κ3) is 2.81. The average molecular weight is 373 g/mol. The van der Waals surface area contributed by atoms with Crippen molar-refractivity contribution in [1.29, 1.82) is 0 Å². The molecule has 0 fully saturated rings. The summed E-state index contributed by atoms with van der Waals surface area (Å²) >= 11 is 0. The molecule has 0 unspecified atom stereocenters. The zero-order chi connectivity index (χ0) is 19.8. The molecule has 1 amide bonds. The molecule has 0 spiro atoms. The third-order valence-electron chi connectivity index (χ3n) is 4.99. The van der Waals surface area contributed by atoms with Crippen molar-refractivity contribution in [2.24, 2.45) is 0 Å². The van der Waals surface area contributed by atoms with Gasteiger partial charge in [-0.15, -0.1) is 0 Å². The van der Waals surface area contributed by atoms with E-state index < -0.39 is 6.04 Å². The number of ether oxygens (including phenoxy) is 1. The largest absolute Gasteiger partial charge is 0.507 e. The van der Waals surface area contributed by atoms with Gasteiger partial charge in [-0.3, -0.25) is 14.5 Å². The highest BCUT2D eigenvalue weighted by molar-refractivity contribution is 6.19. The molecule has 1 atom stereocenters. The van der Waals surface area contributed by atoms with E-state index in [0.717, 1.165) is 5.56 Å². The van der Waals surface area contributed by atoms with Crippen molar-refractivity contribution in [2.75, 3.05) is 12.0 Å². The number of phenolic OH excluding ortho intramolecular Hbond substituents is 1. The second-order valence-corrected chi connectivity index (χ2v) is 6.75. The maximum absolute atomic E-state index is 13.5. The molecule has 0 aromatic heterocycles. The number of hydrogen-bond acceptors (Lipinski definition) is 4. The fraction of sp³-hybridized carbons (Fsp3) is 0.130. The Morgan fingerprint density at radius 2 is 1.75 bits per heavy atom. The molecule has 3 aromatic rings. The molecule has 5 heteroatoms. The van der Waals surface area contributed by atoms with Gasteiger partial charge in [0.25, 0.3) is 5.91 Å². The first kappa shape index (κ1) is 17.8. The van der Waals surface area contributed by atoms with Crippen molar-refractivity contribution < 1.29 is 19.4 Å². The SMILES string of the molecule is COc1ccc(O)c(C(=O)[C@H]2c3ccccc3C(=O)N2c2ccc(C)cc2)c1. The molecule has 3 aromatic carbocycles. The maximum atomic E-state index is 13.5. The van der Waals surface area contributed by atoms with Crippen LogP contribution >= 0.6 is 0 Å². The van der Waals surface area contributed by atoms with Crippen LogP contribution < -0.4 is 9.64 Å². The van der Waals surface area contributed by atoms with Crippen molar-refractivity contribution in [1.82, 2.24) is 0 Å². The summed E-state index contributed by atoms with van der Waals surface area (Å²) in [5.41, 5.74) is 2.92. The number of amides is 1. The molecule has 0 radical (unpaired) electrons. The van der Waals surface area contributed by atoms with Crippen LogP contribution in [0.25, 0.3) is 0 Å². The van der Waals surface area contributed by atoms with E-state index in [9.17, 15) is 14.7 Å². The van der Waals surface area contributed by atoms with Crippen LogP contribution in [0.5, 0.6) is 11.5 Å². The second-order valence-electron chi connectivity index (χ2n) is 6.75. The Morgan fingerprint density at radius 3 is 2.46 bits per heavy atom. The predicted molar refractivity (Wildman–Crippen MR) is 106 cm³/mol. The lowest BCUT2D eigenvalue weighted by Gasteiger charge is -2.25. The Kier molecular flexibility index (Phi) is 4.35. The van der Waals surface area contributed by atoms with Gasteiger partial charge in [0.2, 0.25) is 0 Å². The summed E-state index contributed by atoms with van der Waals surface area (Å²) < 4.78 is 5.19. The van der Waals surface area contributed by atoms with Crippen LogP contribution in [-0.2, 0) is 0 Å². The number of carbonyl (C=O) groups is 2. The van der Waals surface area contributed by atoms with Gasteiger partial charge in [0, 0.05) is 11.3 Å². The zero-order valence-electron chi connectivity index (χ0n) is 15.5. The van der Waals surface area contributed by atoms with E-state index in [4.69, 9.17) is 4.74 Å². The number of carbonyl (C=O) groups excluding carboxylic acids is 2. The van der Waals surface area contributed by atoms with Gasteiger partial charge in [0.1, 0.15) is 17.5 Å². The highest BCUT2D eigenvalue weighted by atomic mass is 16.5. The fourth-order valence-electron chi connectivity index (χ4n) is 3.53. The first-order valence-electron chi connectivity index (χ1n) is 8.91. The van der Waals surface area contributed by atoms with Gasteiger partial charge in [0.15, 0.2) is 5.78 Å². The molecule has 1 aliphatic rings. The van der Waals surface area contributed by atoms with Gasteiger partial charge < -0.3 is 9.84 Å². The Labute approximate surface area is 162 Å². The monoisotopic (exact) mass is 373 g/mol. The number of Topliss-reactive ketones (excluding diaryl/α,β-unsaturated/α-hetero) is 1. The summed E-state index contributed by atoms with van der Waals surface area (Å²) in [7, 11) is 1.49. The van der Waals surface area contributed by atoms with Crippen molar-refractivity contribution in [2.45, 2.75) is 13.0 Å². The Morgan fingerprint density at radius 1 is 1.04 bits per heavy atom. The quantitative estimate of drug-likeness (QED) is 0.693. The molecule has 0 saturated heterocycles. The van der Waals surface area contributed by atoms with E-state index in [1.807, 2.05) is 31.2 Å². The number of aromatic hydroxyl groups is 1. The van der Waals surface area contributed by atoms with E-state index in [0.29, 0.717) is 22.6 Å². The summed E-state index contributed by atoms with van der Waals surface area (Å²) in [6, 6.07) is 18.2. The summed E-state index contributed by atoms with van der Waals surface area (Å²) in [6.07, 6.45) is 0. The smallest absolute Gasteiger partial charge is 0.259 e. The third-order valence-corrected chi connectivity index (χ3v) is 4.99. The van der Waals surface area contributed by atoms with Crippen LogP contribution in [0.1, 0.15) is 37.9 Å². The van der Waals surface area contributed by atoms with Crippen LogP contribution in [0, 0.1) is 6.92 Å². The van der Waals surface area contributed by atoms with Crippen molar-refractivity contribution in [3.05, 3.63) is 89.0 Å². The molecule has 1 heterocycles. The number of rotatable bonds is 4. The molecule has 5 nitrogen and oxygen atoms in total. The number of aryl methyl sites for hydroxylation is 1. The van der Waals surface area contributed by atoms with Crippen LogP contribution in [0.4, 0.5) is 5.69 Å². The van der Waals surface area contributed by atoms with Crippen LogP contribution in [0.2, 0.25) is 0 Å². The highest BCUT2D eigenvalue weighted by Crippen LogP contribution is 2.41. The topological polar surface area (TPSA) is 66.8 Å². The zero-order valence-corrected chi connectivity index (χ0v) is 15.5. The first-order chi connectivity index (χ1) is 13.5. The Bertz CT molecular complexity index is 1070. The van der Waals surface area contributed by atoms with E-state index in [-0.39, 0.29) is 23.0 Å². The number of ketones is 1. The summed E-state index contributed by atoms with van der Waals surface area (Å²) in [6.45, 7) is 1.96. The van der Waals surface area contributed by atoms with Gasteiger partial charge in [0.05, 0.1) is 12.7 Å². The molecule has 0 aliphatic carbocycles. The second kappa shape index (κ2) is 6.85. The van der Waals surface area contributed by atoms with Crippen molar-refractivity contribution >= 4 is 17.4 Å². The summed E-state index contributed by atoms with van der Waals surface area (Å²) in [5, 5.41) is 10.3. The lowest BCUT2D eigenvalue weighted by molar-refractivity contribution is 0.0914. The number of methoxy groups -OCH3 is 1. The van der Waals surface area contributed by atoms with Crippen molar-refractivity contribution in [3.63, 3.8) is 0 Å². The first-order valence-corrected chi connectivity index (χ1v) is 8.91. The normalized spacial score (nSPS) is 15.4. The molecular formula is C23H19NO4. The lowest BCUT2D eigenvalue weighted by atomic mass is 9.96. The minimum Gasteiger partial charge on any atom is -0.507 e. The molecular weight excluding hydrogens is 354 g/mol. The van der Waals surface area contributed by atoms with Crippen LogP contribution in [0.15, 0.2) is 66.7 Å². The van der Waals surface area contributed by atoms with Gasteiger partial charge in [-0.25, -0.2) is 0 Å². The summed E-state index contributed by atoms with van der Waals surface area (Å²) in [5.74, 6) is -0.289. The molecule has 0 bridgehead atoms. The number of phenols is 1. The standard InChI is InChI=1S/C23H19NO4/c1-14-7-9-15(10-8-14)24-21(17-5-3-4-6-18(17)23(24)27)22(26)19-13-16(28-2)11-12-20(19)25/h3-13,21,25H,1-2H3/t21-/m1/s1. The van der Waals surface area contributed by atoms with Gasteiger partial charge >= 0.3 is 0 Å². The molecule has 4 rings (SSSR count). The average Bonchev–Trinajstić information content (AvgIpc) is 3.01. The number of fused-ring (bicyclic) bond motifs is 1. The van der Waals surface area contributed by atoms with Gasteiger partial charge in [-0.1, -0.05) is 35.9 Å². The van der Waals surface area contributed by atoms with E-state index >= 15 is 0 Å². The number of benzene rings is 3. The number of anilines is 1. The lowest BCUT2D eigenvalue weighted by Crippen LogP contribution is -2.32. The molecule has 1 aliphatic heterocycles. The maximum Gasteiger partial charge on any atom is 0.259 e. The molecule has 1 N–H and O–H groups in total. The number of hydrogen-bond donors (Lipinski definition) is 1. The van der Waals surface area contributed by atoms with E-state index in [2.05, 4.69) is 0 Å². The number of nitrogens with zero attached hydrogens (tertiary/aromatic N) is 1. The molecule has 28 heavy (non-hydrogen) atoms. The fourth-order valence-corrected chi connectivity index (χ4v) is 3.53. The Balaban J connectivity index is 1.87. The van der Waals surface area contributed by atoms with Crippen molar-refractivity contribution in [3.8, 4) is 11.5 Å². The minimum absolute atomic E-state index is 0.117. The Hall–Kier alpha value is -3.60. The van der Waals surface area contributed by atoms with Gasteiger partial charge in [-0.05, 0) is 48.9 Å². The van der Waals surface area contributed by atoms with Crippen LogP contribution in [-0.4, -0.2) is 23.9 Å². The summed E-state index contributed by atoms with van der Waals surface area (Å²) in [4.78, 5) is 28.1. The van der Waals surface area contributed by atoms with E-state index in [1.165, 1.54) is 24.1 Å². The predicted octanol–water partition coefficient (Wildman–Crippen LogP) is 4.29.